The number of hydrogen-bond donors (Lipinski definition) is 1. The summed E-state index contributed by atoms with van der Waals surface area (Å²) in [5.41, 5.74) is 1.14. The molecule has 0 saturated heterocycles. The summed E-state index contributed by atoms with van der Waals surface area (Å²) in [6.07, 6.45) is 0. The quantitative estimate of drug-likeness (QED) is 0.830. The van der Waals surface area contributed by atoms with E-state index in [1.807, 2.05) is 0 Å². The Hall–Kier alpha value is -0.800. The molecule has 0 aliphatic rings. The van der Waals surface area contributed by atoms with Crippen LogP contribution in [-0.2, 0) is 0 Å². The molecule has 0 radical (unpaired) electrons. The fourth-order valence-electron chi connectivity index (χ4n) is 1.96. The van der Waals surface area contributed by atoms with Crippen molar-refractivity contribution < 1.29 is 4.39 Å². The van der Waals surface area contributed by atoms with Crippen molar-refractivity contribution in [2.45, 2.75) is 6.04 Å². The molecule has 0 bridgehead atoms. The zero-order valence-electron chi connectivity index (χ0n) is 10.1. The summed E-state index contributed by atoms with van der Waals surface area (Å²) in [5.74, 6) is -0.459. The molecule has 2 rings (SSSR count). The van der Waals surface area contributed by atoms with Crippen molar-refractivity contribution in [1.29, 1.82) is 0 Å². The molecule has 1 N–H and O–H groups in total. The van der Waals surface area contributed by atoms with Crippen LogP contribution in [0.3, 0.4) is 0 Å². The third-order valence-electron chi connectivity index (χ3n) is 2.85. The molecule has 1 unspecified atom stereocenters. The van der Waals surface area contributed by atoms with Crippen LogP contribution in [0.15, 0.2) is 36.4 Å². The molecule has 0 aliphatic carbocycles. The van der Waals surface area contributed by atoms with Gasteiger partial charge in [-0.3, -0.25) is 0 Å². The minimum atomic E-state index is -0.459. The minimum Gasteiger partial charge on any atom is -0.309 e. The standard InChI is InChI=1S/C14H11Cl3FN/c1-19-14(9-3-2-4-12(17)13(9)18)10-7-8(15)5-6-11(10)16/h2-7,14,19H,1H3. The Morgan fingerprint density at radius 2 is 1.74 bits per heavy atom. The van der Waals surface area contributed by atoms with Crippen molar-refractivity contribution in [2.75, 3.05) is 7.05 Å². The van der Waals surface area contributed by atoms with Crippen LogP contribution < -0.4 is 5.32 Å². The number of hydrogen-bond acceptors (Lipinski definition) is 1. The van der Waals surface area contributed by atoms with Crippen LogP contribution in [0.2, 0.25) is 15.1 Å². The van der Waals surface area contributed by atoms with Crippen LogP contribution in [0.1, 0.15) is 17.2 Å². The van der Waals surface area contributed by atoms with Crippen molar-refractivity contribution in [1.82, 2.24) is 5.32 Å². The lowest BCUT2D eigenvalue weighted by Crippen LogP contribution is -2.19. The highest BCUT2D eigenvalue weighted by Crippen LogP contribution is 2.33. The van der Waals surface area contributed by atoms with Gasteiger partial charge in [-0.15, -0.1) is 0 Å². The average Bonchev–Trinajstić information content (AvgIpc) is 2.39. The van der Waals surface area contributed by atoms with Gasteiger partial charge < -0.3 is 5.32 Å². The molecular formula is C14H11Cl3FN. The van der Waals surface area contributed by atoms with Gasteiger partial charge in [-0.2, -0.15) is 0 Å². The second-order valence-corrected chi connectivity index (χ2v) is 5.28. The summed E-state index contributed by atoms with van der Waals surface area (Å²) in [6, 6.07) is 9.55. The van der Waals surface area contributed by atoms with Crippen molar-refractivity contribution in [3.8, 4) is 0 Å². The molecule has 0 aromatic heterocycles. The van der Waals surface area contributed by atoms with E-state index in [0.717, 1.165) is 0 Å². The van der Waals surface area contributed by atoms with E-state index in [-0.39, 0.29) is 5.02 Å². The Balaban J connectivity index is 2.56. The maximum atomic E-state index is 14.1. The van der Waals surface area contributed by atoms with Crippen molar-refractivity contribution in [3.05, 3.63) is 68.4 Å². The molecular weight excluding hydrogens is 308 g/mol. The zero-order chi connectivity index (χ0) is 14.0. The fraction of sp³-hybridized carbons (Fsp3) is 0.143. The lowest BCUT2D eigenvalue weighted by atomic mass is 9.98. The van der Waals surface area contributed by atoms with E-state index in [2.05, 4.69) is 5.32 Å². The van der Waals surface area contributed by atoms with Gasteiger partial charge in [0.1, 0.15) is 5.82 Å². The van der Waals surface area contributed by atoms with E-state index in [9.17, 15) is 4.39 Å². The molecule has 0 fully saturated rings. The Morgan fingerprint density at radius 3 is 2.42 bits per heavy atom. The van der Waals surface area contributed by atoms with E-state index in [1.165, 1.54) is 6.07 Å². The van der Waals surface area contributed by atoms with Gasteiger partial charge >= 0.3 is 0 Å². The Kier molecular flexibility index (Phi) is 4.69. The molecule has 0 aliphatic heterocycles. The van der Waals surface area contributed by atoms with E-state index in [0.29, 0.717) is 21.2 Å². The van der Waals surface area contributed by atoms with Gasteiger partial charge in [0, 0.05) is 15.6 Å². The summed E-state index contributed by atoms with van der Waals surface area (Å²) >= 11 is 17.9. The first-order valence-corrected chi connectivity index (χ1v) is 6.74. The minimum absolute atomic E-state index is 0.0795. The van der Waals surface area contributed by atoms with Gasteiger partial charge in [0.2, 0.25) is 0 Å². The molecule has 0 heterocycles. The molecule has 1 nitrogen and oxygen atoms in total. The van der Waals surface area contributed by atoms with Gasteiger partial charge in [0.05, 0.1) is 11.1 Å². The van der Waals surface area contributed by atoms with Crippen LogP contribution in [-0.4, -0.2) is 7.05 Å². The third kappa shape index (κ3) is 3.03. The van der Waals surface area contributed by atoms with E-state index in [4.69, 9.17) is 34.8 Å². The average molecular weight is 319 g/mol. The van der Waals surface area contributed by atoms with Crippen molar-refractivity contribution in [2.24, 2.45) is 0 Å². The summed E-state index contributed by atoms with van der Waals surface area (Å²) in [4.78, 5) is 0. The Morgan fingerprint density at radius 1 is 1.00 bits per heavy atom. The number of rotatable bonds is 3. The number of benzene rings is 2. The SMILES string of the molecule is CNC(c1cc(Cl)ccc1Cl)c1cccc(Cl)c1F. The molecule has 0 spiro atoms. The zero-order valence-corrected chi connectivity index (χ0v) is 12.3. The van der Waals surface area contributed by atoms with Crippen LogP contribution >= 0.6 is 34.8 Å². The number of halogens is 4. The molecule has 0 saturated carbocycles. The van der Waals surface area contributed by atoms with Crippen molar-refractivity contribution >= 4 is 34.8 Å². The normalized spacial score (nSPS) is 12.5. The summed E-state index contributed by atoms with van der Waals surface area (Å²) in [5, 5.41) is 4.17. The largest absolute Gasteiger partial charge is 0.309 e. The Labute approximate surface area is 126 Å². The van der Waals surface area contributed by atoms with Crippen LogP contribution in [0, 0.1) is 5.82 Å². The van der Waals surface area contributed by atoms with Gasteiger partial charge in [0.25, 0.3) is 0 Å². The molecule has 2 aromatic rings. The first kappa shape index (κ1) is 14.6. The second kappa shape index (κ2) is 6.10. The van der Waals surface area contributed by atoms with E-state index >= 15 is 0 Å². The maximum Gasteiger partial charge on any atom is 0.146 e. The van der Waals surface area contributed by atoms with Gasteiger partial charge in [0.15, 0.2) is 0 Å². The molecule has 19 heavy (non-hydrogen) atoms. The van der Waals surface area contributed by atoms with Gasteiger partial charge in [-0.25, -0.2) is 4.39 Å². The molecule has 100 valence electrons. The predicted molar refractivity (Wildman–Crippen MR) is 78.8 cm³/mol. The highest BCUT2D eigenvalue weighted by Gasteiger charge is 2.20. The fourth-order valence-corrected chi connectivity index (χ4v) is 2.55. The molecule has 5 heteroatoms. The smallest absolute Gasteiger partial charge is 0.146 e. The molecule has 1 atom stereocenters. The lowest BCUT2D eigenvalue weighted by Gasteiger charge is -2.19. The first-order valence-electron chi connectivity index (χ1n) is 5.60. The van der Waals surface area contributed by atoms with Crippen LogP contribution in [0.4, 0.5) is 4.39 Å². The predicted octanol–water partition coefficient (Wildman–Crippen LogP) is 5.09. The summed E-state index contributed by atoms with van der Waals surface area (Å²) < 4.78 is 14.1. The lowest BCUT2D eigenvalue weighted by molar-refractivity contribution is 0.576. The van der Waals surface area contributed by atoms with E-state index < -0.39 is 11.9 Å². The van der Waals surface area contributed by atoms with Crippen LogP contribution in [0.25, 0.3) is 0 Å². The first-order chi connectivity index (χ1) is 9.04. The second-order valence-electron chi connectivity index (χ2n) is 4.03. The maximum absolute atomic E-state index is 14.1. The number of nitrogens with one attached hydrogen (secondary N) is 1. The molecule has 0 amide bonds. The van der Waals surface area contributed by atoms with Gasteiger partial charge in [-0.05, 0) is 36.9 Å². The topological polar surface area (TPSA) is 12.0 Å². The highest BCUT2D eigenvalue weighted by molar-refractivity contribution is 6.33. The highest BCUT2D eigenvalue weighted by atomic mass is 35.5. The van der Waals surface area contributed by atoms with Crippen molar-refractivity contribution in [3.63, 3.8) is 0 Å². The van der Waals surface area contributed by atoms with Crippen LogP contribution in [0.5, 0.6) is 0 Å². The van der Waals surface area contributed by atoms with E-state index in [1.54, 1.807) is 37.4 Å². The molecule has 2 aromatic carbocycles. The third-order valence-corrected chi connectivity index (χ3v) is 3.72. The summed E-state index contributed by atoms with van der Waals surface area (Å²) in [6.45, 7) is 0. The monoisotopic (exact) mass is 317 g/mol. The summed E-state index contributed by atoms with van der Waals surface area (Å²) in [7, 11) is 1.72. The van der Waals surface area contributed by atoms with Gasteiger partial charge in [-0.1, -0.05) is 46.9 Å². The Bertz CT molecular complexity index is 599.